The van der Waals surface area contributed by atoms with E-state index < -0.39 is 15.8 Å². The second-order valence-electron chi connectivity index (χ2n) is 2.95. The van der Waals surface area contributed by atoms with Crippen LogP contribution in [0.5, 0.6) is 0 Å². The van der Waals surface area contributed by atoms with E-state index in [9.17, 15) is 13.2 Å². The Kier molecular flexibility index (Phi) is 4.94. The molecule has 1 unspecified atom stereocenters. The minimum atomic E-state index is -2.99. The van der Waals surface area contributed by atoms with Crippen LogP contribution in [-0.2, 0) is 19.4 Å². The number of hydrogen-bond acceptors (Lipinski definition) is 5. The van der Waals surface area contributed by atoms with Crippen molar-refractivity contribution in [3.8, 4) is 0 Å². The molecule has 0 radical (unpaired) electrons. The van der Waals surface area contributed by atoms with Crippen LogP contribution in [0.15, 0.2) is 0 Å². The standard InChI is InChI=1S/C7H15NO4S/c1-6(5-13(3,10)11)8-4-7(9)12-2/h6,8H,4-5H2,1-3H3. The summed E-state index contributed by atoms with van der Waals surface area (Å²) in [6.45, 7) is 1.73. The summed E-state index contributed by atoms with van der Waals surface area (Å²) in [7, 11) is -1.71. The molecule has 78 valence electrons. The Morgan fingerprint density at radius 1 is 1.54 bits per heavy atom. The molecule has 0 aromatic carbocycles. The minimum Gasteiger partial charge on any atom is -0.468 e. The average molecular weight is 209 g/mol. The van der Waals surface area contributed by atoms with Crippen molar-refractivity contribution in [2.24, 2.45) is 0 Å². The summed E-state index contributed by atoms with van der Waals surface area (Å²) < 4.78 is 26.0. The molecule has 0 spiro atoms. The predicted octanol–water partition coefficient (Wildman–Crippen LogP) is -0.818. The van der Waals surface area contributed by atoms with E-state index in [2.05, 4.69) is 10.1 Å². The van der Waals surface area contributed by atoms with Gasteiger partial charge >= 0.3 is 5.97 Å². The molecule has 0 rings (SSSR count). The SMILES string of the molecule is COC(=O)CNC(C)CS(C)(=O)=O. The predicted molar refractivity (Wildman–Crippen MR) is 49.2 cm³/mol. The van der Waals surface area contributed by atoms with Crippen LogP contribution in [0.4, 0.5) is 0 Å². The fourth-order valence-electron chi connectivity index (χ4n) is 0.843. The molecule has 0 bridgehead atoms. The van der Waals surface area contributed by atoms with E-state index in [0.29, 0.717) is 0 Å². The number of ether oxygens (including phenoxy) is 1. The summed E-state index contributed by atoms with van der Waals surface area (Å²) >= 11 is 0. The highest BCUT2D eigenvalue weighted by molar-refractivity contribution is 7.90. The van der Waals surface area contributed by atoms with Crippen molar-refractivity contribution in [1.82, 2.24) is 5.32 Å². The molecule has 1 N–H and O–H groups in total. The average Bonchev–Trinajstić information content (AvgIpc) is 1.97. The van der Waals surface area contributed by atoms with Crippen molar-refractivity contribution in [1.29, 1.82) is 0 Å². The Morgan fingerprint density at radius 3 is 2.46 bits per heavy atom. The van der Waals surface area contributed by atoms with Crippen molar-refractivity contribution in [3.63, 3.8) is 0 Å². The maximum Gasteiger partial charge on any atom is 0.319 e. The highest BCUT2D eigenvalue weighted by atomic mass is 32.2. The lowest BCUT2D eigenvalue weighted by atomic mass is 10.4. The molecule has 0 aromatic rings. The molecule has 0 saturated carbocycles. The van der Waals surface area contributed by atoms with Crippen molar-refractivity contribution in [2.45, 2.75) is 13.0 Å². The molecule has 0 aliphatic heterocycles. The number of sulfone groups is 1. The maximum absolute atomic E-state index is 10.8. The first kappa shape index (κ1) is 12.4. The zero-order valence-electron chi connectivity index (χ0n) is 8.03. The summed E-state index contributed by atoms with van der Waals surface area (Å²) in [4.78, 5) is 10.6. The Morgan fingerprint density at radius 2 is 2.08 bits per heavy atom. The van der Waals surface area contributed by atoms with Gasteiger partial charge in [-0.2, -0.15) is 0 Å². The minimum absolute atomic E-state index is 0.0179. The lowest BCUT2D eigenvalue weighted by molar-refractivity contribution is -0.139. The molecule has 6 heteroatoms. The molecule has 5 nitrogen and oxygen atoms in total. The fourth-order valence-corrected chi connectivity index (χ4v) is 1.87. The number of esters is 1. The van der Waals surface area contributed by atoms with Crippen LogP contribution in [0.3, 0.4) is 0 Å². The first-order valence-electron chi connectivity index (χ1n) is 3.83. The number of carbonyl (C=O) groups excluding carboxylic acids is 1. The smallest absolute Gasteiger partial charge is 0.319 e. The van der Waals surface area contributed by atoms with E-state index in [0.717, 1.165) is 6.26 Å². The van der Waals surface area contributed by atoms with Crippen molar-refractivity contribution in [3.05, 3.63) is 0 Å². The summed E-state index contributed by atoms with van der Waals surface area (Å²) in [6.07, 6.45) is 1.16. The van der Waals surface area contributed by atoms with Gasteiger partial charge in [0.2, 0.25) is 0 Å². The summed E-state index contributed by atoms with van der Waals surface area (Å²) in [6, 6.07) is -0.242. The van der Waals surface area contributed by atoms with Gasteiger partial charge in [0.05, 0.1) is 19.4 Å². The largest absolute Gasteiger partial charge is 0.468 e. The second-order valence-corrected chi connectivity index (χ2v) is 5.14. The van der Waals surface area contributed by atoms with Crippen LogP contribution in [0.2, 0.25) is 0 Å². The lowest BCUT2D eigenvalue weighted by Gasteiger charge is -2.10. The molecule has 13 heavy (non-hydrogen) atoms. The van der Waals surface area contributed by atoms with Gasteiger partial charge in [0.1, 0.15) is 9.84 Å². The molecule has 0 amide bonds. The van der Waals surface area contributed by atoms with Gasteiger partial charge in [0.25, 0.3) is 0 Å². The Balaban J connectivity index is 3.76. The first-order valence-corrected chi connectivity index (χ1v) is 5.89. The fraction of sp³-hybridized carbons (Fsp3) is 0.857. The number of carbonyl (C=O) groups is 1. The van der Waals surface area contributed by atoms with Crippen LogP contribution in [0.1, 0.15) is 6.92 Å². The third-order valence-corrected chi connectivity index (χ3v) is 2.48. The van der Waals surface area contributed by atoms with E-state index >= 15 is 0 Å². The quantitative estimate of drug-likeness (QED) is 0.599. The molecule has 0 aliphatic rings. The summed E-state index contributed by atoms with van der Waals surface area (Å²) in [5.41, 5.74) is 0. The molecule has 0 aromatic heterocycles. The zero-order valence-corrected chi connectivity index (χ0v) is 8.85. The zero-order chi connectivity index (χ0) is 10.5. The third kappa shape index (κ3) is 7.73. The normalized spacial score (nSPS) is 13.8. The van der Waals surface area contributed by atoms with Crippen LogP contribution in [-0.4, -0.2) is 46.1 Å². The molecule has 0 aliphatic carbocycles. The highest BCUT2D eigenvalue weighted by Crippen LogP contribution is 1.89. The van der Waals surface area contributed by atoms with Gasteiger partial charge in [-0.05, 0) is 6.92 Å². The van der Waals surface area contributed by atoms with Crippen molar-refractivity contribution < 1.29 is 17.9 Å². The maximum atomic E-state index is 10.8. The van der Waals surface area contributed by atoms with Gasteiger partial charge in [-0.1, -0.05) is 0 Å². The van der Waals surface area contributed by atoms with E-state index in [4.69, 9.17) is 0 Å². The van der Waals surface area contributed by atoms with E-state index in [1.807, 2.05) is 0 Å². The Bertz CT molecular complexity index is 260. The number of rotatable bonds is 5. The van der Waals surface area contributed by atoms with Gasteiger partial charge in [-0.3, -0.25) is 4.79 Å². The number of hydrogen-bond donors (Lipinski definition) is 1. The second kappa shape index (κ2) is 5.18. The Labute approximate surface area is 78.4 Å². The number of nitrogens with one attached hydrogen (secondary N) is 1. The summed E-state index contributed by atoms with van der Waals surface area (Å²) in [5.74, 6) is -0.385. The van der Waals surface area contributed by atoms with Gasteiger partial charge in [-0.25, -0.2) is 8.42 Å². The van der Waals surface area contributed by atoms with E-state index in [1.54, 1.807) is 6.92 Å². The first-order chi connectivity index (χ1) is 5.85. The van der Waals surface area contributed by atoms with E-state index in [1.165, 1.54) is 7.11 Å². The van der Waals surface area contributed by atoms with E-state index in [-0.39, 0.29) is 18.3 Å². The number of methoxy groups -OCH3 is 1. The molecule has 0 heterocycles. The van der Waals surface area contributed by atoms with Crippen molar-refractivity contribution in [2.75, 3.05) is 25.7 Å². The summed E-state index contributed by atoms with van der Waals surface area (Å²) in [5, 5.41) is 2.74. The van der Waals surface area contributed by atoms with Crippen LogP contribution in [0.25, 0.3) is 0 Å². The molecule has 0 saturated heterocycles. The monoisotopic (exact) mass is 209 g/mol. The van der Waals surface area contributed by atoms with Gasteiger partial charge in [-0.15, -0.1) is 0 Å². The van der Waals surface area contributed by atoms with Gasteiger partial charge in [0, 0.05) is 12.3 Å². The van der Waals surface area contributed by atoms with Crippen molar-refractivity contribution >= 4 is 15.8 Å². The third-order valence-electron chi connectivity index (χ3n) is 1.38. The van der Waals surface area contributed by atoms with Crippen LogP contribution in [0, 0.1) is 0 Å². The topological polar surface area (TPSA) is 72.5 Å². The highest BCUT2D eigenvalue weighted by Gasteiger charge is 2.11. The molecular weight excluding hydrogens is 194 g/mol. The molecule has 0 fully saturated rings. The van der Waals surface area contributed by atoms with Gasteiger partial charge in [0.15, 0.2) is 0 Å². The van der Waals surface area contributed by atoms with Crippen LogP contribution >= 0.6 is 0 Å². The molecule has 1 atom stereocenters. The molecular formula is C7H15NO4S. The van der Waals surface area contributed by atoms with Crippen LogP contribution < -0.4 is 5.32 Å². The lowest BCUT2D eigenvalue weighted by Crippen LogP contribution is -2.36. The van der Waals surface area contributed by atoms with Gasteiger partial charge < -0.3 is 10.1 Å². The Hall–Kier alpha value is -0.620.